The fourth-order valence-electron chi connectivity index (χ4n) is 3.59. The Balaban J connectivity index is 1.59. The zero-order valence-electron chi connectivity index (χ0n) is 19.0. The lowest BCUT2D eigenvalue weighted by Crippen LogP contribution is -2.14. The maximum Gasteiger partial charge on any atom is 0.231 e. The molecule has 0 bridgehead atoms. The van der Waals surface area contributed by atoms with Gasteiger partial charge in [0.25, 0.3) is 0 Å². The van der Waals surface area contributed by atoms with E-state index in [1.807, 2.05) is 50.2 Å². The van der Waals surface area contributed by atoms with E-state index in [4.69, 9.17) is 18.6 Å². The molecule has 4 rings (SSSR count). The van der Waals surface area contributed by atoms with Gasteiger partial charge >= 0.3 is 0 Å². The predicted octanol–water partition coefficient (Wildman–Crippen LogP) is 5.67. The van der Waals surface area contributed by atoms with Crippen LogP contribution >= 0.6 is 11.3 Å². The smallest absolute Gasteiger partial charge is 0.231 e. The number of hydrogen-bond donors (Lipinski definition) is 0. The van der Waals surface area contributed by atoms with Crippen molar-refractivity contribution in [3.63, 3.8) is 0 Å². The highest BCUT2D eigenvalue weighted by Crippen LogP contribution is 2.36. The number of rotatable bonds is 8. The molecule has 0 aliphatic heterocycles. The van der Waals surface area contributed by atoms with Gasteiger partial charge in [0.15, 0.2) is 5.76 Å². The van der Waals surface area contributed by atoms with E-state index < -0.39 is 6.10 Å². The summed E-state index contributed by atoms with van der Waals surface area (Å²) in [6.07, 6.45) is -0.795. The van der Waals surface area contributed by atoms with Crippen molar-refractivity contribution in [2.24, 2.45) is 0 Å². The summed E-state index contributed by atoms with van der Waals surface area (Å²) in [5.41, 5.74) is 3.30. The molecule has 0 amide bonds. The van der Waals surface area contributed by atoms with Gasteiger partial charge in [0.05, 0.1) is 14.2 Å². The highest BCUT2D eigenvalue weighted by molar-refractivity contribution is 7.14. The summed E-state index contributed by atoms with van der Waals surface area (Å²) < 4.78 is 22.3. The molecule has 2 heterocycles. The van der Waals surface area contributed by atoms with E-state index >= 15 is 0 Å². The summed E-state index contributed by atoms with van der Waals surface area (Å²) in [6, 6.07) is 14.7. The molecule has 0 spiro atoms. The van der Waals surface area contributed by atoms with Gasteiger partial charge in [0, 0.05) is 23.8 Å². The van der Waals surface area contributed by atoms with Gasteiger partial charge in [-0.25, -0.2) is 0 Å². The molecule has 4 aromatic rings. The van der Waals surface area contributed by atoms with Crippen LogP contribution in [-0.2, 0) is 4.74 Å². The highest BCUT2D eigenvalue weighted by Gasteiger charge is 2.25. The van der Waals surface area contributed by atoms with E-state index in [9.17, 15) is 4.79 Å². The minimum atomic E-state index is -0.795. The Hall–Kier alpha value is -3.49. The topological polar surface area (TPSA) is 83.7 Å². The lowest BCUT2D eigenvalue weighted by Gasteiger charge is -2.14. The van der Waals surface area contributed by atoms with Crippen LogP contribution in [0, 0.1) is 13.8 Å². The number of methoxy groups -OCH3 is 3. The number of nitrogens with zero attached hydrogens (tertiary/aromatic N) is 2. The highest BCUT2D eigenvalue weighted by atomic mass is 32.1. The van der Waals surface area contributed by atoms with Crippen LogP contribution in [0.3, 0.4) is 0 Å². The molecule has 33 heavy (non-hydrogen) atoms. The lowest BCUT2D eigenvalue weighted by atomic mass is 10.0. The predicted molar refractivity (Wildman–Crippen MR) is 126 cm³/mol. The normalized spacial score (nSPS) is 11.9. The van der Waals surface area contributed by atoms with Gasteiger partial charge in [-0.1, -0.05) is 35.6 Å². The molecule has 0 fully saturated rings. The molecular weight excluding hydrogens is 440 g/mol. The number of aryl methyl sites for hydroxylation is 1. The van der Waals surface area contributed by atoms with Crippen molar-refractivity contribution in [1.82, 2.24) is 10.2 Å². The van der Waals surface area contributed by atoms with Crippen LogP contribution in [0.5, 0.6) is 11.5 Å². The van der Waals surface area contributed by atoms with Gasteiger partial charge < -0.3 is 18.6 Å². The summed E-state index contributed by atoms with van der Waals surface area (Å²) >= 11 is 1.52. The minimum absolute atomic E-state index is 0.208. The molecule has 0 aliphatic rings. The van der Waals surface area contributed by atoms with Crippen molar-refractivity contribution in [3.8, 4) is 33.4 Å². The first kappa shape index (κ1) is 22.7. The van der Waals surface area contributed by atoms with Gasteiger partial charge in [-0.05, 0) is 43.7 Å². The second-order valence-electron chi connectivity index (χ2n) is 7.40. The first-order chi connectivity index (χ1) is 15.9. The summed E-state index contributed by atoms with van der Waals surface area (Å²) in [5.74, 6) is 1.82. The molecule has 7 nitrogen and oxygen atoms in total. The number of hydrogen-bond acceptors (Lipinski definition) is 8. The van der Waals surface area contributed by atoms with Crippen molar-refractivity contribution in [2.75, 3.05) is 21.3 Å². The zero-order valence-corrected chi connectivity index (χ0v) is 19.9. The standard InChI is InChI=1S/C25H24N2O5S/c1-14-21(29-3)12-18(13-22(14)30-4)19-10-11-20(32-19)23(28)24(31-5)16-6-8-17(9-7-16)25-27-26-15(2)33-25/h6-13,24H,1-5H3. The Kier molecular flexibility index (Phi) is 6.57. The van der Waals surface area contributed by atoms with Crippen molar-refractivity contribution < 1.29 is 23.4 Å². The van der Waals surface area contributed by atoms with Gasteiger partial charge in [0.1, 0.15) is 33.4 Å². The molecule has 1 unspecified atom stereocenters. The number of ether oxygens (including phenoxy) is 3. The zero-order chi connectivity index (χ0) is 23.5. The quantitative estimate of drug-likeness (QED) is 0.311. The Labute approximate surface area is 196 Å². The molecule has 2 aromatic heterocycles. The van der Waals surface area contributed by atoms with Crippen LogP contribution in [0.25, 0.3) is 21.9 Å². The van der Waals surface area contributed by atoms with Crippen LogP contribution in [0.1, 0.15) is 32.8 Å². The van der Waals surface area contributed by atoms with E-state index in [1.165, 1.54) is 18.4 Å². The molecule has 2 aromatic carbocycles. The molecular formula is C25H24N2O5S. The maximum absolute atomic E-state index is 13.2. The number of benzene rings is 2. The largest absolute Gasteiger partial charge is 0.496 e. The molecule has 170 valence electrons. The second-order valence-corrected chi connectivity index (χ2v) is 8.58. The fourth-order valence-corrected chi connectivity index (χ4v) is 4.29. The molecule has 0 radical (unpaired) electrons. The first-order valence-electron chi connectivity index (χ1n) is 10.3. The summed E-state index contributed by atoms with van der Waals surface area (Å²) in [6.45, 7) is 3.83. The van der Waals surface area contributed by atoms with Crippen molar-refractivity contribution >= 4 is 17.1 Å². The maximum atomic E-state index is 13.2. The first-order valence-corrected chi connectivity index (χ1v) is 11.1. The van der Waals surface area contributed by atoms with Crippen molar-refractivity contribution in [3.05, 3.63) is 70.4 Å². The summed E-state index contributed by atoms with van der Waals surface area (Å²) in [4.78, 5) is 13.2. The van der Waals surface area contributed by atoms with Crippen LogP contribution in [0.2, 0.25) is 0 Å². The number of furan rings is 1. The van der Waals surface area contributed by atoms with Crippen molar-refractivity contribution in [2.45, 2.75) is 20.0 Å². The average molecular weight is 465 g/mol. The van der Waals surface area contributed by atoms with Crippen LogP contribution < -0.4 is 9.47 Å². The summed E-state index contributed by atoms with van der Waals surface area (Å²) in [7, 11) is 4.71. The summed E-state index contributed by atoms with van der Waals surface area (Å²) in [5, 5.41) is 9.94. The van der Waals surface area contributed by atoms with Gasteiger partial charge in [-0.3, -0.25) is 4.79 Å². The monoisotopic (exact) mass is 464 g/mol. The Morgan fingerprint density at radius 2 is 1.58 bits per heavy atom. The second kappa shape index (κ2) is 9.56. The van der Waals surface area contributed by atoms with E-state index in [-0.39, 0.29) is 11.5 Å². The van der Waals surface area contributed by atoms with Gasteiger partial charge in [0.2, 0.25) is 5.78 Å². The van der Waals surface area contributed by atoms with E-state index in [2.05, 4.69) is 10.2 Å². The SMILES string of the molecule is COc1cc(-c2ccc(C(=O)C(OC)c3ccc(-c4nnc(C)s4)cc3)o2)cc(OC)c1C. The molecule has 0 saturated carbocycles. The van der Waals surface area contributed by atoms with Crippen LogP contribution in [0.4, 0.5) is 0 Å². The van der Waals surface area contributed by atoms with E-state index in [0.717, 1.165) is 32.3 Å². The number of ketones is 1. The third kappa shape index (κ3) is 4.53. The van der Waals surface area contributed by atoms with Crippen molar-refractivity contribution in [1.29, 1.82) is 0 Å². The van der Waals surface area contributed by atoms with Gasteiger partial charge in [-0.2, -0.15) is 0 Å². The van der Waals surface area contributed by atoms with Crippen LogP contribution in [-0.4, -0.2) is 37.3 Å². The number of aromatic nitrogens is 2. The molecule has 0 aliphatic carbocycles. The Morgan fingerprint density at radius 3 is 2.12 bits per heavy atom. The van der Waals surface area contributed by atoms with Crippen LogP contribution in [0.15, 0.2) is 52.9 Å². The Morgan fingerprint density at radius 1 is 0.909 bits per heavy atom. The van der Waals surface area contributed by atoms with E-state index in [0.29, 0.717) is 17.3 Å². The molecule has 1 atom stereocenters. The molecule has 0 saturated heterocycles. The number of carbonyl (C=O) groups is 1. The minimum Gasteiger partial charge on any atom is -0.496 e. The fraction of sp³-hybridized carbons (Fsp3) is 0.240. The van der Waals surface area contributed by atoms with Gasteiger partial charge in [-0.15, -0.1) is 10.2 Å². The average Bonchev–Trinajstić information content (AvgIpc) is 3.50. The third-order valence-corrected chi connectivity index (χ3v) is 6.23. The third-order valence-electron chi connectivity index (χ3n) is 5.35. The van der Waals surface area contributed by atoms with E-state index in [1.54, 1.807) is 26.4 Å². The lowest BCUT2D eigenvalue weighted by molar-refractivity contribution is 0.0577. The molecule has 0 N–H and O–H groups in total. The molecule has 8 heteroatoms. The number of carbonyl (C=O) groups excluding carboxylic acids is 1. The Bertz CT molecular complexity index is 1250. The number of Topliss-reactive ketones (excluding diaryl/α,β-unsaturated/α-hetero) is 1.